The van der Waals surface area contributed by atoms with Crippen molar-refractivity contribution < 1.29 is 14.3 Å². The van der Waals surface area contributed by atoms with Gasteiger partial charge in [0.2, 0.25) is 0 Å². The van der Waals surface area contributed by atoms with Crippen molar-refractivity contribution in [2.45, 2.75) is 6.92 Å². The maximum Gasteiger partial charge on any atom is 0.331 e. The highest BCUT2D eigenvalue weighted by Gasteiger charge is 2.31. The summed E-state index contributed by atoms with van der Waals surface area (Å²) in [5.41, 5.74) is 1.69. The van der Waals surface area contributed by atoms with Gasteiger partial charge in [-0.05, 0) is 24.2 Å². The Labute approximate surface area is 132 Å². The third kappa shape index (κ3) is 3.62. The molecule has 0 bridgehead atoms. The van der Waals surface area contributed by atoms with Gasteiger partial charge in [-0.15, -0.1) is 5.10 Å². The zero-order chi connectivity index (χ0) is 16.1. The van der Waals surface area contributed by atoms with Gasteiger partial charge in [0, 0.05) is 13.1 Å². The van der Waals surface area contributed by atoms with Crippen LogP contribution in [0.15, 0.2) is 51.5 Å². The Morgan fingerprint density at radius 1 is 1.32 bits per heavy atom. The molecule has 0 N–H and O–H groups in total. The summed E-state index contributed by atoms with van der Waals surface area (Å²) in [6, 6.07) is 9.61. The summed E-state index contributed by atoms with van der Waals surface area (Å²) in [4.78, 5) is 24.8. The third-order valence-corrected chi connectivity index (χ3v) is 3.98. The molecule has 1 amide bonds. The first-order valence-corrected chi connectivity index (χ1v) is 7.28. The number of ether oxygens (including phenoxy) is 1. The van der Waals surface area contributed by atoms with Gasteiger partial charge in [-0.25, -0.2) is 4.79 Å². The van der Waals surface area contributed by atoms with E-state index < -0.39 is 5.97 Å². The molecule has 1 heterocycles. The van der Waals surface area contributed by atoms with Crippen LogP contribution >= 0.6 is 11.8 Å². The summed E-state index contributed by atoms with van der Waals surface area (Å²) in [7, 11) is 2.84. The Hall–Kier alpha value is -2.41. The second-order valence-corrected chi connectivity index (χ2v) is 5.44. The zero-order valence-electron chi connectivity index (χ0n) is 12.4. The van der Waals surface area contributed by atoms with Crippen LogP contribution in [0.2, 0.25) is 0 Å². The number of carbonyl (C=O) groups excluding carboxylic acids is 2. The second kappa shape index (κ2) is 7.04. The van der Waals surface area contributed by atoms with Crippen LogP contribution in [-0.2, 0) is 14.3 Å². The number of carbonyl (C=O) groups is 2. The molecule has 2 rings (SSSR count). The third-order valence-electron chi connectivity index (χ3n) is 2.93. The van der Waals surface area contributed by atoms with Crippen molar-refractivity contribution in [1.82, 2.24) is 4.90 Å². The normalized spacial score (nSPS) is 19.1. The van der Waals surface area contributed by atoms with E-state index >= 15 is 0 Å². The molecule has 6 nitrogen and oxygen atoms in total. The van der Waals surface area contributed by atoms with Gasteiger partial charge in [-0.1, -0.05) is 30.3 Å². The highest BCUT2D eigenvalue weighted by atomic mass is 32.2. The van der Waals surface area contributed by atoms with Crippen molar-refractivity contribution in [3.8, 4) is 0 Å². The van der Waals surface area contributed by atoms with Gasteiger partial charge < -0.3 is 4.74 Å². The highest BCUT2D eigenvalue weighted by molar-refractivity contribution is 8.18. The van der Waals surface area contributed by atoms with E-state index in [1.54, 1.807) is 7.05 Å². The van der Waals surface area contributed by atoms with Crippen molar-refractivity contribution in [3.05, 3.63) is 46.9 Å². The quantitative estimate of drug-likeness (QED) is 0.370. The summed E-state index contributed by atoms with van der Waals surface area (Å²) in [5.74, 6) is -0.879. The molecule has 0 aliphatic carbocycles. The Kier molecular flexibility index (Phi) is 5.11. The number of rotatable bonds is 3. The molecule has 0 radical (unpaired) electrons. The Morgan fingerprint density at radius 3 is 2.64 bits per heavy atom. The lowest BCUT2D eigenvalue weighted by molar-refractivity contribution is -0.135. The Balaban J connectivity index is 2.21. The number of amides is 1. The van der Waals surface area contributed by atoms with Gasteiger partial charge in [-0.2, -0.15) is 5.10 Å². The van der Waals surface area contributed by atoms with E-state index in [9.17, 15) is 9.59 Å². The van der Waals surface area contributed by atoms with Gasteiger partial charge in [0.25, 0.3) is 5.91 Å². The number of likely N-dealkylation sites (N-methyl/N-ethyl adjacent to an activating group) is 1. The van der Waals surface area contributed by atoms with Crippen LogP contribution in [0, 0.1) is 0 Å². The fourth-order valence-corrected chi connectivity index (χ4v) is 2.54. The molecule has 0 saturated carbocycles. The number of methoxy groups -OCH3 is 1. The molecule has 0 aromatic heterocycles. The maximum atomic E-state index is 12.0. The summed E-state index contributed by atoms with van der Waals surface area (Å²) in [6.07, 6.45) is 1.15. The standard InChI is InChI=1S/C15H15N3O3S/c1-10(11-7-5-4-6-8-11)16-17-15-18(2)14(20)12(22-15)9-13(19)21-3/h4-9H,1-3H3/b12-9+,16-10+,17-15-. The monoisotopic (exact) mass is 317 g/mol. The van der Waals surface area contributed by atoms with Crippen LogP contribution in [0.5, 0.6) is 0 Å². The number of benzene rings is 1. The highest BCUT2D eigenvalue weighted by Crippen LogP contribution is 2.29. The summed E-state index contributed by atoms with van der Waals surface area (Å²) in [6.45, 7) is 1.84. The fourth-order valence-electron chi connectivity index (χ4n) is 1.66. The van der Waals surface area contributed by atoms with Crippen molar-refractivity contribution in [2.24, 2.45) is 10.2 Å². The maximum absolute atomic E-state index is 12.0. The second-order valence-electron chi connectivity index (χ2n) is 4.43. The minimum absolute atomic E-state index is 0.265. The zero-order valence-corrected chi connectivity index (χ0v) is 13.3. The number of hydrogen-bond acceptors (Lipinski definition) is 6. The van der Waals surface area contributed by atoms with Crippen LogP contribution in [0.4, 0.5) is 0 Å². The van der Waals surface area contributed by atoms with E-state index in [0.717, 1.165) is 29.1 Å². The topological polar surface area (TPSA) is 71.3 Å². The lowest BCUT2D eigenvalue weighted by Gasteiger charge is -2.05. The number of esters is 1. The largest absolute Gasteiger partial charge is 0.466 e. The molecule has 22 heavy (non-hydrogen) atoms. The van der Waals surface area contributed by atoms with E-state index in [1.807, 2.05) is 37.3 Å². The molecule has 0 atom stereocenters. The number of amidine groups is 1. The number of thioether (sulfide) groups is 1. The molecule has 114 valence electrons. The van der Waals surface area contributed by atoms with E-state index in [4.69, 9.17) is 0 Å². The molecule has 1 aliphatic heterocycles. The van der Waals surface area contributed by atoms with Crippen molar-refractivity contribution >= 4 is 34.5 Å². The van der Waals surface area contributed by atoms with Gasteiger partial charge >= 0.3 is 5.97 Å². The molecule has 1 saturated heterocycles. The molecule has 1 aliphatic rings. The first kappa shape index (κ1) is 16.0. The molecule has 0 spiro atoms. The smallest absolute Gasteiger partial charge is 0.331 e. The van der Waals surface area contributed by atoms with Crippen LogP contribution in [0.1, 0.15) is 12.5 Å². The number of nitrogens with zero attached hydrogens (tertiary/aromatic N) is 3. The minimum Gasteiger partial charge on any atom is -0.466 e. The van der Waals surface area contributed by atoms with Gasteiger partial charge in [-0.3, -0.25) is 9.69 Å². The molecule has 1 aromatic carbocycles. The first-order chi connectivity index (χ1) is 10.5. The van der Waals surface area contributed by atoms with Gasteiger partial charge in [0.15, 0.2) is 5.17 Å². The average molecular weight is 317 g/mol. The summed E-state index contributed by atoms with van der Waals surface area (Å²) >= 11 is 1.09. The SMILES string of the molecule is COC(=O)/C=C1/S/C(=N\N=C(/C)c2ccccc2)N(C)C1=O. The molecule has 1 aromatic rings. The van der Waals surface area contributed by atoms with Crippen molar-refractivity contribution in [3.63, 3.8) is 0 Å². The van der Waals surface area contributed by atoms with Gasteiger partial charge in [0.1, 0.15) is 0 Å². The molecule has 1 fully saturated rings. The number of hydrogen-bond donors (Lipinski definition) is 0. The van der Waals surface area contributed by atoms with Crippen LogP contribution in [0.25, 0.3) is 0 Å². The predicted molar refractivity (Wildman–Crippen MR) is 86.5 cm³/mol. The fraction of sp³-hybridized carbons (Fsp3) is 0.200. The van der Waals surface area contributed by atoms with E-state index in [0.29, 0.717) is 5.17 Å². The predicted octanol–water partition coefficient (Wildman–Crippen LogP) is 2.03. The molecular formula is C15H15N3O3S. The summed E-state index contributed by atoms with van der Waals surface area (Å²) in [5, 5.41) is 8.65. The van der Waals surface area contributed by atoms with Crippen molar-refractivity contribution in [1.29, 1.82) is 0 Å². The average Bonchev–Trinajstić information content (AvgIpc) is 2.81. The Bertz CT molecular complexity index is 681. The van der Waals surface area contributed by atoms with Crippen molar-refractivity contribution in [2.75, 3.05) is 14.2 Å². The van der Waals surface area contributed by atoms with E-state index in [-0.39, 0.29) is 10.8 Å². The van der Waals surface area contributed by atoms with E-state index in [1.165, 1.54) is 12.0 Å². The van der Waals surface area contributed by atoms with Crippen LogP contribution in [0.3, 0.4) is 0 Å². The lowest BCUT2D eigenvalue weighted by Crippen LogP contribution is -2.24. The molecular weight excluding hydrogens is 302 g/mol. The summed E-state index contributed by atoms with van der Waals surface area (Å²) < 4.78 is 4.52. The first-order valence-electron chi connectivity index (χ1n) is 6.46. The van der Waals surface area contributed by atoms with Crippen LogP contribution < -0.4 is 0 Å². The molecule has 7 heteroatoms. The van der Waals surface area contributed by atoms with E-state index in [2.05, 4.69) is 14.9 Å². The minimum atomic E-state index is -0.575. The van der Waals surface area contributed by atoms with Gasteiger partial charge in [0.05, 0.1) is 17.7 Å². The molecule has 0 unspecified atom stereocenters. The van der Waals surface area contributed by atoms with Crippen LogP contribution in [-0.4, -0.2) is 41.8 Å². The Morgan fingerprint density at radius 2 is 2.00 bits per heavy atom. The lowest BCUT2D eigenvalue weighted by atomic mass is 10.1.